The Kier molecular flexibility index (Phi) is 7.93. The van der Waals surface area contributed by atoms with Crippen molar-refractivity contribution < 1.29 is 38.7 Å². The van der Waals surface area contributed by atoms with Crippen LogP contribution in [0.2, 0.25) is 0 Å². The van der Waals surface area contributed by atoms with Crippen molar-refractivity contribution in [1.82, 2.24) is 0 Å². The predicted molar refractivity (Wildman–Crippen MR) is 97.8 cm³/mol. The second-order valence-corrected chi connectivity index (χ2v) is 5.18. The minimum Gasteiger partial charge on any atom is -0.502 e. The van der Waals surface area contributed by atoms with E-state index in [-0.39, 0.29) is 40.3 Å². The molecular weight excluding hydrogens is 356 g/mol. The molecule has 0 aromatic heterocycles. The number of Topliss-reactive ketones (excluding diaryl/α,β-unsaturated/α-hetero) is 1. The molecule has 0 radical (unpaired) electrons. The van der Waals surface area contributed by atoms with Crippen LogP contribution < -0.4 is 18.9 Å². The van der Waals surface area contributed by atoms with Gasteiger partial charge in [0.25, 0.3) is 0 Å². The highest BCUT2D eigenvalue weighted by Gasteiger charge is 2.13. The molecule has 0 aliphatic rings. The molecule has 0 heterocycles. The van der Waals surface area contributed by atoms with Gasteiger partial charge in [-0.2, -0.15) is 0 Å². The molecule has 0 unspecified atom stereocenters. The van der Waals surface area contributed by atoms with E-state index < -0.39 is 0 Å². The minimum atomic E-state index is -0.110. The Labute approximate surface area is 156 Å². The van der Waals surface area contributed by atoms with Gasteiger partial charge in [-0.15, -0.1) is 0 Å². The zero-order chi connectivity index (χ0) is 20.6. The average molecular weight is 378 g/mol. The van der Waals surface area contributed by atoms with Crippen LogP contribution in [0.4, 0.5) is 0 Å². The molecule has 0 saturated carbocycles. The van der Waals surface area contributed by atoms with Gasteiger partial charge in [-0.3, -0.25) is 9.59 Å². The Morgan fingerprint density at radius 3 is 1.37 bits per heavy atom. The fraction of sp³-hybridized carbons (Fsp3) is 0.263. The third kappa shape index (κ3) is 5.27. The largest absolute Gasteiger partial charge is 0.502 e. The first-order valence-electron chi connectivity index (χ1n) is 7.68. The summed E-state index contributed by atoms with van der Waals surface area (Å²) in [5, 5.41) is 19.0. The summed E-state index contributed by atoms with van der Waals surface area (Å²) < 4.78 is 19.5. The van der Waals surface area contributed by atoms with E-state index in [0.29, 0.717) is 17.4 Å². The molecule has 0 spiro atoms. The normalized spacial score (nSPS) is 9.52. The first-order chi connectivity index (χ1) is 12.8. The van der Waals surface area contributed by atoms with Crippen LogP contribution in [0, 0.1) is 0 Å². The standard InChI is InChI=1S/C10H12O4.C9H10O4/c1-6(11)7-4-8(13-2)10(12)9(5-7)14-3;1-12-7-3-6(5-10)4-8(13-2)9(7)11/h4-5,12H,1-3H3;3-5,11H,1-2H3. The van der Waals surface area contributed by atoms with Crippen LogP contribution in [0.25, 0.3) is 0 Å². The fourth-order valence-corrected chi connectivity index (χ4v) is 2.08. The second kappa shape index (κ2) is 9.91. The van der Waals surface area contributed by atoms with Crippen LogP contribution in [-0.2, 0) is 0 Å². The molecule has 2 N–H and O–H groups in total. The number of rotatable bonds is 6. The summed E-state index contributed by atoms with van der Waals surface area (Å²) in [5.41, 5.74) is 0.836. The molecule has 27 heavy (non-hydrogen) atoms. The molecule has 2 aromatic rings. The minimum absolute atomic E-state index is 0.0972. The molecule has 8 heteroatoms. The van der Waals surface area contributed by atoms with Crippen LogP contribution in [0.3, 0.4) is 0 Å². The van der Waals surface area contributed by atoms with Crippen molar-refractivity contribution in [3.63, 3.8) is 0 Å². The number of ketones is 1. The van der Waals surface area contributed by atoms with Crippen molar-refractivity contribution >= 4 is 12.1 Å². The number of aromatic hydroxyl groups is 2. The third-order valence-corrected chi connectivity index (χ3v) is 3.52. The summed E-state index contributed by atoms with van der Waals surface area (Å²) in [7, 11) is 5.64. The Hall–Kier alpha value is -3.42. The van der Waals surface area contributed by atoms with E-state index in [0.717, 1.165) is 0 Å². The summed E-state index contributed by atoms with van der Waals surface area (Å²) in [6.07, 6.45) is 0.657. The maximum atomic E-state index is 11.1. The quantitative estimate of drug-likeness (QED) is 0.583. The summed E-state index contributed by atoms with van der Waals surface area (Å²) >= 11 is 0. The molecule has 146 valence electrons. The van der Waals surface area contributed by atoms with E-state index in [9.17, 15) is 19.8 Å². The molecule has 0 atom stereocenters. The van der Waals surface area contributed by atoms with Crippen molar-refractivity contribution in [3.8, 4) is 34.5 Å². The van der Waals surface area contributed by atoms with Gasteiger partial charge < -0.3 is 29.2 Å². The van der Waals surface area contributed by atoms with E-state index in [1.54, 1.807) is 0 Å². The van der Waals surface area contributed by atoms with Crippen molar-refractivity contribution in [2.45, 2.75) is 6.92 Å². The molecule has 8 nitrogen and oxygen atoms in total. The van der Waals surface area contributed by atoms with Crippen LogP contribution in [0.1, 0.15) is 27.6 Å². The zero-order valence-corrected chi connectivity index (χ0v) is 15.7. The van der Waals surface area contributed by atoms with Gasteiger partial charge in [0.05, 0.1) is 28.4 Å². The van der Waals surface area contributed by atoms with Gasteiger partial charge in [0.2, 0.25) is 11.5 Å². The maximum Gasteiger partial charge on any atom is 0.200 e. The maximum absolute atomic E-state index is 11.1. The molecule has 2 aromatic carbocycles. The lowest BCUT2D eigenvalue weighted by Crippen LogP contribution is -1.96. The van der Waals surface area contributed by atoms with E-state index in [2.05, 4.69) is 0 Å². The lowest BCUT2D eigenvalue weighted by molar-refractivity contribution is 0.101. The number of ether oxygens (including phenoxy) is 4. The Balaban J connectivity index is 0.000000271. The average Bonchev–Trinajstić information content (AvgIpc) is 2.68. The van der Waals surface area contributed by atoms with Crippen molar-refractivity contribution in [3.05, 3.63) is 35.4 Å². The lowest BCUT2D eigenvalue weighted by Gasteiger charge is -2.09. The highest BCUT2D eigenvalue weighted by molar-refractivity contribution is 5.95. The van der Waals surface area contributed by atoms with Crippen molar-refractivity contribution in [1.29, 1.82) is 0 Å². The van der Waals surface area contributed by atoms with Gasteiger partial charge in [0.15, 0.2) is 28.8 Å². The van der Waals surface area contributed by atoms with Crippen LogP contribution in [0.5, 0.6) is 34.5 Å². The number of hydrogen-bond acceptors (Lipinski definition) is 8. The van der Waals surface area contributed by atoms with Crippen LogP contribution in [-0.4, -0.2) is 50.7 Å². The first-order valence-corrected chi connectivity index (χ1v) is 7.68. The third-order valence-electron chi connectivity index (χ3n) is 3.52. The second-order valence-electron chi connectivity index (χ2n) is 5.18. The van der Waals surface area contributed by atoms with Crippen molar-refractivity contribution in [2.75, 3.05) is 28.4 Å². The molecule has 0 aliphatic heterocycles. The van der Waals surface area contributed by atoms with Gasteiger partial charge in [-0.25, -0.2) is 0 Å². The zero-order valence-electron chi connectivity index (χ0n) is 15.7. The molecule has 0 bridgehead atoms. The van der Waals surface area contributed by atoms with Crippen LogP contribution >= 0.6 is 0 Å². The van der Waals surface area contributed by atoms with Gasteiger partial charge in [0, 0.05) is 11.1 Å². The molecular formula is C19H22O8. The molecule has 0 amide bonds. The molecule has 0 aliphatic carbocycles. The monoisotopic (exact) mass is 378 g/mol. The number of benzene rings is 2. The highest BCUT2D eigenvalue weighted by Crippen LogP contribution is 2.37. The summed E-state index contributed by atoms with van der Waals surface area (Å²) in [6, 6.07) is 5.82. The topological polar surface area (TPSA) is 112 Å². The smallest absolute Gasteiger partial charge is 0.200 e. The first kappa shape index (κ1) is 21.6. The number of carbonyl (C=O) groups is 2. The number of hydrogen-bond donors (Lipinski definition) is 2. The summed E-state index contributed by atoms with van der Waals surface area (Å²) in [4.78, 5) is 21.6. The van der Waals surface area contributed by atoms with E-state index in [4.69, 9.17) is 18.9 Å². The van der Waals surface area contributed by atoms with Gasteiger partial charge in [-0.05, 0) is 31.2 Å². The van der Waals surface area contributed by atoms with E-state index >= 15 is 0 Å². The predicted octanol–water partition coefficient (Wildman–Crippen LogP) is 2.83. The lowest BCUT2D eigenvalue weighted by atomic mass is 10.1. The van der Waals surface area contributed by atoms with E-state index in [1.807, 2.05) is 0 Å². The van der Waals surface area contributed by atoms with Gasteiger partial charge >= 0.3 is 0 Å². The van der Waals surface area contributed by atoms with Gasteiger partial charge in [0.1, 0.15) is 6.29 Å². The Morgan fingerprint density at radius 2 is 1.11 bits per heavy atom. The van der Waals surface area contributed by atoms with E-state index in [1.165, 1.54) is 59.6 Å². The molecule has 0 fully saturated rings. The van der Waals surface area contributed by atoms with Crippen molar-refractivity contribution in [2.24, 2.45) is 0 Å². The number of phenols is 2. The number of phenolic OH excluding ortho intramolecular Hbond substituents is 2. The SMILES string of the molecule is COc1cc(C(C)=O)cc(OC)c1O.COc1cc(C=O)cc(OC)c1O. The fourth-order valence-electron chi connectivity index (χ4n) is 2.08. The number of carbonyl (C=O) groups excluding carboxylic acids is 2. The Bertz CT molecular complexity index is 763. The molecule has 0 saturated heterocycles. The summed E-state index contributed by atoms with van der Waals surface area (Å²) in [5.74, 6) is 0.601. The number of aldehydes is 1. The number of methoxy groups -OCH3 is 4. The van der Waals surface area contributed by atoms with Crippen LogP contribution in [0.15, 0.2) is 24.3 Å². The summed E-state index contributed by atoms with van der Waals surface area (Å²) in [6.45, 7) is 1.44. The van der Waals surface area contributed by atoms with Gasteiger partial charge in [-0.1, -0.05) is 0 Å². The Morgan fingerprint density at radius 1 is 0.778 bits per heavy atom. The molecule has 2 rings (SSSR count). The highest BCUT2D eigenvalue weighted by atomic mass is 16.5.